The van der Waals surface area contributed by atoms with Crippen LogP contribution < -0.4 is 0 Å². The van der Waals surface area contributed by atoms with E-state index in [4.69, 9.17) is 0 Å². The molecule has 4 heterocycles. The summed E-state index contributed by atoms with van der Waals surface area (Å²) in [5.74, 6) is 0.416. The second-order valence-electron chi connectivity index (χ2n) is 8.28. The number of carbonyl (C=O) groups is 2. The summed E-state index contributed by atoms with van der Waals surface area (Å²) in [7, 11) is 0. The number of thiophene rings is 1. The van der Waals surface area contributed by atoms with Gasteiger partial charge in [-0.05, 0) is 61.7 Å². The van der Waals surface area contributed by atoms with Gasteiger partial charge >= 0.3 is 0 Å². The van der Waals surface area contributed by atoms with Gasteiger partial charge in [-0.15, -0.1) is 0 Å². The van der Waals surface area contributed by atoms with Gasteiger partial charge in [-0.2, -0.15) is 11.3 Å². The largest absolute Gasteiger partial charge is 0.342 e. The highest BCUT2D eigenvalue weighted by Crippen LogP contribution is 2.57. The molecule has 6 heteroatoms. The molecule has 1 aromatic heterocycles. The van der Waals surface area contributed by atoms with Gasteiger partial charge in [0, 0.05) is 45.1 Å². The zero-order valence-corrected chi connectivity index (χ0v) is 16.7. The molecule has 0 saturated carbocycles. The number of hydrogen-bond acceptors (Lipinski definition) is 4. The first-order chi connectivity index (χ1) is 12.5. The maximum absolute atomic E-state index is 13.3. The normalized spacial score (nSPS) is 28.6. The van der Waals surface area contributed by atoms with Crippen molar-refractivity contribution in [1.82, 2.24) is 14.7 Å². The number of hydrogen-bond donors (Lipinski definition) is 0. The molecule has 3 aliphatic heterocycles. The van der Waals surface area contributed by atoms with Crippen LogP contribution in [-0.4, -0.2) is 65.8 Å². The van der Waals surface area contributed by atoms with Gasteiger partial charge in [0.15, 0.2) is 0 Å². The van der Waals surface area contributed by atoms with E-state index in [0.29, 0.717) is 12.5 Å². The standard InChI is InChI=1S/C20H29N3O2S/c1-3-22-10-7-20(18(22)25)15-23(16(2)24)14-19(20)5-8-21(9-6-19)12-17-4-11-26-13-17/h4,11,13H,3,5-10,12,14-15H2,1-2H3/t20-/m1/s1. The average molecular weight is 376 g/mol. The Morgan fingerprint density at radius 1 is 1.19 bits per heavy atom. The molecular weight excluding hydrogens is 346 g/mol. The second-order valence-corrected chi connectivity index (χ2v) is 9.06. The number of piperidine rings is 1. The van der Waals surface area contributed by atoms with E-state index < -0.39 is 0 Å². The van der Waals surface area contributed by atoms with Crippen LogP contribution in [0.25, 0.3) is 0 Å². The summed E-state index contributed by atoms with van der Waals surface area (Å²) in [5, 5.41) is 4.35. The van der Waals surface area contributed by atoms with Crippen LogP contribution in [0.5, 0.6) is 0 Å². The lowest BCUT2D eigenvalue weighted by Gasteiger charge is -2.46. The summed E-state index contributed by atoms with van der Waals surface area (Å²) >= 11 is 1.75. The van der Waals surface area contributed by atoms with Crippen molar-refractivity contribution in [2.45, 2.75) is 39.7 Å². The molecule has 2 spiro atoms. The smallest absolute Gasteiger partial charge is 0.231 e. The first-order valence-electron chi connectivity index (χ1n) is 9.78. The maximum Gasteiger partial charge on any atom is 0.231 e. The molecule has 5 nitrogen and oxygen atoms in total. The zero-order valence-electron chi connectivity index (χ0n) is 15.9. The molecule has 0 aliphatic carbocycles. The van der Waals surface area contributed by atoms with Crippen LogP contribution in [0, 0.1) is 10.8 Å². The Balaban J connectivity index is 1.55. The minimum absolute atomic E-state index is 0.0369. The molecule has 142 valence electrons. The van der Waals surface area contributed by atoms with Gasteiger partial charge in [0.1, 0.15) is 0 Å². The molecule has 0 aromatic carbocycles. The van der Waals surface area contributed by atoms with Crippen molar-refractivity contribution in [1.29, 1.82) is 0 Å². The van der Waals surface area contributed by atoms with Crippen molar-refractivity contribution >= 4 is 23.2 Å². The van der Waals surface area contributed by atoms with Crippen LogP contribution in [-0.2, 0) is 16.1 Å². The number of likely N-dealkylation sites (tertiary alicyclic amines) is 3. The Labute approximate surface area is 159 Å². The van der Waals surface area contributed by atoms with E-state index in [2.05, 4.69) is 28.7 Å². The molecule has 0 N–H and O–H groups in total. The Hall–Kier alpha value is -1.40. The third-order valence-electron chi connectivity index (χ3n) is 7.10. The highest BCUT2D eigenvalue weighted by atomic mass is 32.1. The van der Waals surface area contributed by atoms with Crippen molar-refractivity contribution < 1.29 is 9.59 Å². The van der Waals surface area contributed by atoms with Gasteiger partial charge in [-0.25, -0.2) is 0 Å². The van der Waals surface area contributed by atoms with Crippen LogP contribution >= 0.6 is 11.3 Å². The predicted octanol–water partition coefficient (Wildman–Crippen LogP) is 2.43. The van der Waals surface area contributed by atoms with E-state index in [9.17, 15) is 9.59 Å². The fourth-order valence-corrected chi connectivity index (χ4v) is 6.14. The molecule has 4 rings (SSSR count). The van der Waals surface area contributed by atoms with Crippen LogP contribution in [0.15, 0.2) is 16.8 Å². The third-order valence-corrected chi connectivity index (χ3v) is 7.83. The topological polar surface area (TPSA) is 43.9 Å². The molecule has 3 aliphatic rings. The minimum Gasteiger partial charge on any atom is -0.342 e. The first kappa shape index (κ1) is 18.0. The quantitative estimate of drug-likeness (QED) is 0.815. The lowest BCUT2D eigenvalue weighted by atomic mass is 9.60. The highest BCUT2D eigenvalue weighted by molar-refractivity contribution is 7.07. The highest BCUT2D eigenvalue weighted by Gasteiger charge is 2.65. The molecule has 0 radical (unpaired) electrons. The van der Waals surface area contributed by atoms with Gasteiger partial charge in [-0.3, -0.25) is 14.5 Å². The van der Waals surface area contributed by atoms with Gasteiger partial charge in [0.05, 0.1) is 5.41 Å². The number of fused-ring (bicyclic) bond motifs is 1. The fourth-order valence-electron chi connectivity index (χ4n) is 5.48. The number of carbonyl (C=O) groups excluding carboxylic acids is 2. The van der Waals surface area contributed by atoms with Crippen LogP contribution in [0.1, 0.15) is 38.7 Å². The van der Waals surface area contributed by atoms with Crippen LogP contribution in [0.4, 0.5) is 0 Å². The van der Waals surface area contributed by atoms with Crippen LogP contribution in [0.2, 0.25) is 0 Å². The van der Waals surface area contributed by atoms with Crippen LogP contribution in [0.3, 0.4) is 0 Å². The minimum atomic E-state index is -0.344. The monoisotopic (exact) mass is 375 g/mol. The molecule has 0 unspecified atom stereocenters. The first-order valence-corrected chi connectivity index (χ1v) is 10.7. The molecule has 1 aromatic rings. The second kappa shape index (κ2) is 6.64. The van der Waals surface area contributed by atoms with Crippen molar-refractivity contribution in [3.8, 4) is 0 Å². The summed E-state index contributed by atoms with van der Waals surface area (Å²) in [6, 6.07) is 2.20. The van der Waals surface area contributed by atoms with Crippen molar-refractivity contribution in [2.24, 2.45) is 10.8 Å². The van der Waals surface area contributed by atoms with Gasteiger partial charge < -0.3 is 9.80 Å². The van der Waals surface area contributed by atoms with E-state index >= 15 is 0 Å². The molecule has 0 bridgehead atoms. The van der Waals surface area contributed by atoms with E-state index in [1.54, 1.807) is 18.3 Å². The van der Waals surface area contributed by atoms with Crippen molar-refractivity contribution in [2.75, 3.05) is 39.3 Å². The average Bonchev–Trinajstić information content (AvgIpc) is 3.32. The molecule has 2 amide bonds. The maximum atomic E-state index is 13.3. The molecule has 3 fully saturated rings. The lowest BCUT2D eigenvalue weighted by Crippen LogP contribution is -2.52. The zero-order chi connectivity index (χ0) is 18.4. The fraction of sp³-hybridized carbons (Fsp3) is 0.700. The Morgan fingerprint density at radius 2 is 1.96 bits per heavy atom. The summed E-state index contributed by atoms with van der Waals surface area (Å²) < 4.78 is 0. The lowest BCUT2D eigenvalue weighted by molar-refractivity contribution is -0.142. The van der Waals surface area contributed by atoms with Gasteiger partial charge in [0.25, 0.3) is 0 Å². The number of nitrogens with zero attached hydrogens (tertiary/aromatic N) is 3. The molecule has 3 saturated heterocycles. The van der Waals surface area contributed by atoms with Gasteiger partial charge in [0.2, 0.25) is 11.8 Å². The predicted molar refractivity (Wildman–Crippen MR) is 103 cm³/mol. The summed E-state index contributed by atoms with van der Waals surface area (Å²) in [6.45, 7) is 9.76. The van der Waals surface area contributed by atoms with E-state index in [-0.39, 0.29) is 16.7 Å². The summed E-state index contributed by atoms with van der Waals surface area (Å²) in [5.41, 5.74) is 1.00. The van der Waals surface area contributed by atoms with E-state index in [0.717, 1.165) is 58.5 Å². The molecule has 1 atom stereocenters. The Kier molecular flexibility index (Phi) is 4.59. The Bertz CT molecular complexity index is 681. The van der Waals surface area contributed by atoms with Gasteiger partial charge in [-0.1, -0.05) is 0 Å². The SMILES string of the molecule is CCN1CC[C@@]2(CN(C(C)=O)CC23CCN(Cc2ccsc2)CC3)C1=O. The van der Waals surface area contributed by atoms with Crippen molar-refractivity contribution in [3.05, 3.63) is 22.4 Å². The summed E-state index contributed by atoms with van der Waals surface area (Å²) in [4.78, 5) is 31.9. The number of rotatable bonds is 3. The molecular formula is C20H29N3O2S. The van der Waals surface area contributed by atoms with E-state index in [1.165, 1.54) is 5.56 Å². The third kappa shape index (κ3) is 2.69. The summed E-state index contributed by atoms with van der Waals surface area (Å²) in [6.07, 6.45) is 2.95. The molecule has 26 heavy (non-hydrogen) atoms. The van der Waals surface area contributed by atoms with E-state index in [1.807, 2.05) is 9.80 Å². The van der Waals surface area contributed by atoms with Crippen molar-refractivity contribution in [3.63, 3.8) is 0 Å². The number of amides is 2. The Morgan fingerprint density at radius 3 is 2.54 bits per heavy atom.